The summed E-state index contributed by atoms with van der Waals surface area (Å²) in [6.45, 7) is 0.241. The van der Waals surface area contributed by atoms with Crippen LogP contribution in [-0.2, 0) is 11.2 Å². The van der Waals surface area contributed by atoms with E-state index in [4.69, 9.17) is 14.2 Å². The second-order valence-corrected chi connectivity index (χ2v) is 7.95. The Morgan fingerprint density at radius 3 is 2.52 bits per heavy atom. The molecule has 0 saturated carbocycles. The maximum absolute atomic E-state index is 13.2. The first-order valence-electron chi connectivity index (χ1n) is 10.7. The van der Waals surface area contributed by atoms with E-state index in [1.165, 1.54) is 5.56 Å². The number of carbonyl (C=O) groups excluding carboxylic acids is 1. The van der Waals surface area contributed by atoms with Crippen molar-refractivity contribution in [3.63, 3.8) is 0 Å². The van der Waals surface area contributed by atoms with Crippen LogP contribution in [0.4, 0.5) is 5.69 Å². The maximum Gasteiger partial charge on any atom is 0.233 e. The molecule has 0 radical (unpaired) electrons. The number of anilines is 1. The quantitative estimate of drug-likeness (QED) is 0.501. The largest absolute Gasteiger partial charge is 0.497 e. The number of hydrogen-bond acceptors (Lipinski definition) is 4. The average molecular weight is 415 g/mol. The summed E-state index contributed by atoms with van der Waals surface area (Å²) in [5, 5.41) is 0. The Morgan fingerprint density at radius 1 is 0.968 bits per heavy atom. The smallest absolute Gasteiger partial charge is 0.233 e. The van der Waals surface area contributed by atoms with Gasteiger partial charge in [-0.3, -0.25) is 4.79 Å². The fourth-order valence-electron chi connectivity index (χ4n) is 4.51. The molecule has 0 bridgehead atoms. The summed E-state index contributed by atoms with van der Waals surface area (Å²) in [6.07, 6.45) is 2.79. The van der Waals surface area contributed by atoms with E-state index in [0.717, 1.165) is 47.8 Å². The third kappa shape index (κ3) is 3.72. The van der Waals surface area contributed by atoms with Gasteiger partial charge >= 0.3 is 0 Å². The zero-order valence-corrected chi connectivity index (χ0v) is 17.5. The SMILES string of the molecule is COc1ccc(N2C(=O)[C@H](CCCc3ccccc3)[C@H]2c2ccc3c(c2)OCO3)cc1. The number of aryl methyl sites for hydroxylation is 1. The van der Waals surface area contributed by atoms with Crippen LogP contribution in [0.3, 0.4) is 0 Å². The van der Waals surface area contributed by atoms with Gasteiger partial charge in [0.05, 0.1) is 19.1 Å². The number of nitrogens with zero attached hydrogens (tertiary/aromatic N) is 1. The van der Waals surface area contributed by atoms with E-state index in [1.54, 1.807) is 7.11 Å². The molecule has 5 rings (SSSR count). The first-order valence-corrected chi connectivity index (χ1v) is 10.7. The molecule has 3 aromatic carbocycles. The van der Waals surface area contributed by atoms with Gasteiger partial charge in [0.1, 0.15) is 5.75 Å². The van der Waals surface area contributed by atoms with E-state index in [9.17, 15) is 4.79 Å². The molecule has 2 aliphatic rings. The van der Waals surface area contributed by atoms with E-state index in [-0.39, 0.29) is 24.7 Å². The Morgan fingerprint density at radius 2 is 1.74 bits per heavy atom. The van der Waals surface area contributed by atoms with Gasteiger partial charge in [0.15, 0.2) is 11.5 Å². The topological polar surface area (TPSA) is 48.0 Å². The lowest BCUT2D eigenvalue weighted by atomic mass is 9.78. The van der Waals surface area contributed by atoms with Crippen molar-refractivity contribution in [3.05, 3.63) is 83.9 Å². The number of ether oxygens (including phenoxy) is 3. The second kappa shape index (κ2) is 8.34. The lowest BCUT2D eigenvalue weighted by Gasteiger charge is -2.47. The molecular weight excluding hydrogens is 390 g/mol. The molecule has 2 aliphatic heterocycles. The van der Waals surface area contributed by atoms with Crippen LogP contribution in [0.15, 0.2) is 72.8 Å². The van der Waals surface area contributed by atoms with Crippen LogP contribution in [0.1, 0.15) is 30.0 Å². The zero-order valence-electron chi connectivity index (χ0n) is 17.5. The lowest BCUT2D eigenvalue weighted by molar-refractivity contribution is -0.130. The molecule has 2 heterocycles. The van der Waals surface area contributed by atoms with Crippen molar-refractivity contribution in [2.75, 3.05) is 18.8 Å². The Hall–Kier alpha value is -3.47. The summed E-state index contributed by atoms with van der Waals surface area (Å²) in [5.74, 6) is 2.39. The van der Waals surface area contributed by atoms with Gasteiger partial charge in [0, 0.05) is 5.69 Å². The molecule has 5 nitrogen and oxygen atoms in total. The first kappa shape index (κ1) is 19.5. The molecular formula is C26H25NO4. The van der Waals surface area contributed by atoms with Crippen molar-refractivity contribution in [3.8, 4) is 17.2 Å². The molecule has 2 atom stereocenters. The highest BCUT2D eigenvalue weighted by molar-refractivity contribution is 6.03. The van der Waals surface area contributed by atoms with Crippen LogP contribution in [0, 0.1) is 5.92 Å². The number of methoxy groups -OCH3 is 1. The number of carbonyl (C=O) groups is 1. The fraction of sp³-hybridized carbons (Fsp3) is 0.269. The minimum atomic E-state index is -0.0498. The van der Waals surface area contributed by atoms with Gasteiger partial charge in [-0.15, -0.1) is 0 Å². The van der Waals surface area contributed by atoms with Crippen molar-refractivity contribution in [2.45, 2.75) is 25.3 Å². The van der Waals surface area contributed by atoms with Gasteiger partial charge in [-0.05, 0) is 66.8 Å². The molecule has 1 saturated heterocycles. The van der Waals surface area contributed by atoms with Crippen LogP contribution in [0.25, 0.3) is 0 Å². The Kier molecular flexibility index (Phi) is 5.24. The highest BCUT2D eigenvalue weighted by Gasteiger charge is 2.48. The number of fused-ring (bicyclic) bond motifs is 1. The predicted octanol–water partition coefficient (Wildman–Crippen LogP) is 5.15. The number of rotatable bonds is 7. The first-order chi connectivity index (χ1) is 15.2. The van der Waals surface area contributed by atoms with Crippen molar-refractivity contribution < 1.29 is 19.0 Å². The van der Waals surface area contributed by atoms with Crippen molar-refractivity contribution in [1.29, 1.82) is 0 Å². The molecule has 0 N–H and O–H groups in total. The molecule has 0 spiro atoms. The number of β-lactam (4-membered cyclic amide) rings is 1. The van der Waals surface area contributed by atoms with Crippen LogP contribution < -0.4 is 19.1 Å². The highest BCUT2D eigenvalue weighted by atomic mass is 16.7. The summed E-state index contributed by atoms with van der Waals surface area (Å²) in [4.78, 5) is 15.1. The summed E-state index contributed by atoms with van der Waals surface area (Å²) >= 11 is 0. The standard InChI is InChI=1S/C26H25NO4/c1-29-21-13-11-20(12-14-21)27-25(19-10-15-23-24(16-19)31-17-30-23)22(26(27)28)9-5-8-18-6-3-2-4-7-18/h2-4,6-7,10-16,22,25H,5,8-9,17H2,1H3/t22-,25-/m1/s1. The second-order valence-electron chi connectivity index (χ2n) is 7.95. The molecule has 1 fully saturated rings. The molecule has 31 heavy (non-hydrogen) atoms. The Balaban J connectivity index is 1.39. The minimum Gasteiger partial charge on any atom is -0.497 e. The molecule has 158 valence electrons. The number of amides is 1. The predicted molar refractivity (Wildman–Crippen MR) is 119 cm³/mol. The zero-order chi connectivity index (χ0) is 21.2. The fourth-order valence-corrected chi connectivity index (χ4v) is 4.51. The van der Waals surface area contributed by atoms with Gasteiger partial charge in [-0.1, -0.05) is 36.4 Å². The minimum absolute atomic E-state index is 0.0221. The van der Waals surface area contributed by atoms with Crippen molar-refractivity contribution in [1.82, 2.24) is 0 Å². The van der Waals surface area contributed by atoms with Gasteiger partial charge in [-0.25, -0.2) is 0 Å². The third-order valence-electron chi connectivity index (χ3n) is 6.13. The average Bonchev–Trinajstić information content (AvgIpc) is 3.29. The summed E-state index contributed by atoms with van der Waals surface area (Å²) in [7, 11) is 1.64. The molecule has 3 aromatic rings. The van der Waals surface area contributed by atoms with E-state index < -0.39 is 0 Å². The van der Waals surface area contributed by atoms with Gasteiger partial charge in [-0.2, -0.15) is 0 Å². The summed E-state index contributed by atoms with van der Waals surface area (Å²) in [5.41, 5.74) is 3.26. The van der Waals surface area contributed by atoms with E-state index in [0.29, 0.717) is 0 Å². The summed E-state index contributed by atoms with van der Waals surface area (Å²) in [6, 6.07) is 24.1. The van der Waals surface area contributed by atoms with Crippen molar-refractivity contribution >= 4 is 11.6 Å². The third-order valence-corrected chi connectivity index (χ3v) is 6.13. The normalized spacial score (nSPS) is 19.3. The Labute approximate surface area is 182 Å². The number of benzene rings is 3. The van der Waals surface area contributed by atoms with Crippen LogP contribution in [0.2, 0.25) is 0 Å². The van der Waals surface area contributed by atoms with Crippen LogP contribution in [-0.4, -0.2) is 19.8 Å². The molecule has 0 aliphatic carbocycles. The summed E-state index contributed by atoms with van der Waals surface area (Å²) < 4.78 is 16.3. The molecule has 1 amide bonds. The number of hydrogen-bond donors (Lipinski definition) is 0. The van der Waals surface area contributed by atoms with E-state index >= 15 is 0 Å². The monoisotopic (exact) mass is 415 g/mol. The van der Waals surface area contributed by atoms with E-state index in [1.807, 2.05) is 53.4 Å². The highest BCUT2D eigenvalue weighted by Crippen LogP contribution is 2.48. The van der Waals surface area contributed by atoms with Crippen LogP contribution >= 0.6 is 0 Å². The molecule has 5 heteroatoms. The lowest BCUT2D eigenvalue weighted by Crippen LogP contribution is -2.55. The van der Waals surface area contributed by atoms with Gasteiger partial charge in [0.2, 0.25) is 12.7 Å². The van der Waals surface area contributed by atoms with E-state index in [2.05, 4.69) is 24.3 Å². The molecule has 0 unspecified atom stereocenters. The molecule has 0 aromatic heterocycles. The Bertz CT molecular complexity index is 1060. The maximum atomic E-state index is 13.2. The van der Waals surface area contributed by atoms with Crippen molar-refractivity contribution in [2.24, 2.45) is 5.92 Å². The van der Waals surface area contributed by atoms with Gasteiger partial charge in [0.25, 0.3) is 0 Å². The van der Waals surface area contributed by atoms with Gasteiger partial charge < -0.3 is 19.1 Å². The van der Waals surface area contributed by atoms with Crippen LogP contribution in [0.5, 0.6) is 17.2 Å².